The molecule has 0 aliphatic heterocycles. The standard InChI is InChI=1S/C61H47N/c1-59(2)50-22-10-8-19-47(50)48-38-37-45(39-57(48)59)62(43-33-29-41(30-34-43)40-17-6-5-7-18-40)44-35-31-42(32-36-44)46-21-16-28-56-58(46)49-20-9-11-23-51(49)61(56)54-26-14-12-24-52(54)60(3,4)53-25-13-15-27-55(53)61/h5-39H,1-4H3. The Morgan fingerprint density at radius 2 is 0.710 bits per heavy atom. The van der Waals surface area contributed by atoms with Crippen LogP contribution in [0, 0.1) is 0 Å². The van der Waals surface area contributed by atoms with Crippen molar-refractivity contribution in [2.45, 2.75) is 43.9 Å². The molecule has 12 rings (SSSR count). The van der Waals surface area contributed by atoms with E-state index in [0.29, 0.717) is 0 Å². The minimum atomic E-state index is -0.422. The molecule has 0 unspecified atom stereocenters. The Morgan fingerprint density at radius 3 is 1.35 bits per heavy atom. The summed E-state index contributed by atoms with van der Waals surface area (Å²) < 4.78 is 0. The number of rotatable bonds is 5. The van der Waals surface area contributed by atoms with Gasteiger partial charge >= 0.3 is 0 Å². The third-order valence-electron chi connectivity index (χ3n) is 14.6. The van der Waals surface area contributed by atoms with Crippen LogP contribution in [0.15, 0.2) is 212 Å². The van der Waals surface area contributed by atoms with E-state index < -0.39 is 5.41 Å². The van der Waals surface area contributed by atoms with E-state index in [0.717, 1.165) is 17.1 Å². The lowest BCUT2D eigenvalue weighted by molar-refractivity contribution is 0.563. The van der Waals surface area contributed by atoms with Gasteiger partial charge in [0.05, 0.1) is 5.41 Å². The van der Waals surface area contributed by atoms with E-state index in [9.17, 15) is 0 Å². The number of benzene rings is 9. The maximum Gasteiger partial charge on any atom is 0.0719 e. The molecule has 62 heavy (non-hydrogen) atoms. The fourth-order valence-electron chi connectivity index (χ4n) is 11.7. The Hall–Kier alpha value is -7.22. The molecule has 0 atom stereocenters. The summed E-state index contributed by atoms with van der Waals surface area (Å²) in [7, 11) is 0. The second-order valence-corrected chi connectivity index (χ2v) is 18.4. The summed E-state index contributed by atoms with van der Waals surface area (Å²) in [5.41, 5.74) is 24.0. The summed E-state index contributed by atoms with van der Waals surface area (Å²) in [6, 6.07) is 79.5. The first-order valence-corrected chi connectivity index (χ1v) is 22.0. The highest BCUT2D eigenvalue weighted by Crippen LogP contribution is 2.63. The molecule has 3 aliphatic carbocycles. The van der Waals surface area contributed by atoms with Gasteiger partial charge in [-0.2, -0.15) is 0 Å². The molecule has 1 spiro atoms. The summed E-state index contributed by atoms with van der Waals surface area (Å²) in [6.45, 7) is 9.50. The van der Waals surface area contributed by atoms with Crippen molar-refractivity contribution in [2.24, 2.45) is 0 Å². The molecular formula is C61H47N. The van der Waals surface area contributed by atoms with E-state index >= 15 is 0 Å². The van der Waals surface area contributed by atoms with E-state index in [1.54, 1.807) is 0 Å². The monoisotopic (exact) mass is 793 g/mol. The first-order valence-electron chi connectivity index (χ1n) is 22.0. The van der Waals surface area contributed by atoms with Gasteiger partial charge in [-0.3, -0.25) is 0 Å². The van der Waals surface area contributed by atoms with Crippen molar-refractivity contribution in [3.05, 3.63) is 257 Å². The van der Waals surface area contributed by atoms with E-state index in [-0.39, 0.29) is 10.8 Å². The highest BCUT2D eigenvalue weighted by atomic mass is 15.1. The molecule has 3 aliphatic rings. The smallest absolute Gasteiger partial charge is 0.0719 e. The molecule has 0 N–H and O–H groups in total. The number of anilines is 3. The highest BCUT2D eigenvalue weighted by molar-refractivity contribution is 5.97. The summed E-state index contributed by atoms with van der Waals surface area (Å²) in [6.07, 6.45) is 0. The van der Waals surface area contributed by atoms with Crippen molar-refractivity contribution in [1.29, 1.82) is 0 Å². The zero-order chi connectivity index (χ0) is 41.8. The van der Waals surface area contributed by atoms with Gasteiger partial charge in [-0.25, -0.2) is 0 Å². The SMILES string of the molecule is CC1(C)c2ccccc2-c2ccc(N(c3ccc(-c4ccccc4)cc3)c3ccc(-c4cccc5c4-c4ccccc4C54c5ccccc5C(C)(C)c5ccccc54)cc3)cc21. The second-order valence-electron chi connectivity index (χ2n) is 18.4. The van der Waals surface area contributed by atoms with Crippen molar-refractivity contribution in [3.63, 3.8) is 0 Å². The van der Waals surface area contributed by atoms with Gasteiger partial charge in [0.1, 0.15) is 0 Å². The fraction of sp³-hybridized carbons (Fsp3) is 0.115. The topological polar surface area (TPSA) is 3.24 Å². The van der Waals surface area contributed by atoms with E-state index in [1.165, 1.54) is 89.0 Å². The van der Waals surface area contributed by atoms with Gasteiger partial charge in [-0.15, -0.1) is 0 Å². The normalized spacial score (nSPS) is 15.2. The fourth-order valence-corrected chi connectivity index (χ4v) is 11.7. The molecule has 0 saturated heterocycles. The molecule has 0 saturated carbocycles. The lowest BCUT2D eigenvalue weighted by Gasteiger charge is -2.46. The predicted octanol–water partition coefficient (Wildman–Crippen LogP) is 15.8. The Labute approximate surface area is 365 Å². The summed E-state index contributed by atoms with van der Waals surface area (Å²) in [4.78, 5) is 2.43. The van der Waals surface area contributed by atoms with Crippen LogP contribution in [0.2, 0.25) is 0 Å². The summed E-state index contributed by atoms with van der Waals surface area (Å²) in [5.74, 6) is 0. The van der Waals surface area contributed by atoms with Crippen LogP contribution in [0.5, 0.6) is 0 Å². The Balaban J connectivity index is 1.01. The number of hydrogen-bond acceptors (Lipinski definition) is 1. The minimum Gasteiger partial charge on any atom is -0.310 e. The van der Waals surface area contributed by atoms with Crippen LogP contribution in [0.1, 0.15) is 72.2 Å². The van der Waals surface area contributed by atoms with Gasteiger partial charge in [-0.05, 0) is 125 Å². The van der Waals surface area contributed by atoms with Gasteiger partial charge in [0, 0.05) is 27.9 Å². The van der Waals surface area contributed by atoms with Crippen molar-refractivity contribution in [2.75, 3.05) is 4.90 Å². The van der Waals surface area contributed by atoms with Crippen LogP contribution in [0.3, 0.4) is 0 Å². The molecule has 9 aromatic rings. The molecule has 0 aromatic heterocycles. The van der Waals surface area contributed by atoms with Crippen LogP contribution >= 0.6 is 0 Å². The zero-order valence-corrected chi connectivity index (χ0v) is 35.7. The number of nitrogens with zero attached hydrogens (tertiary/aromatic N) is 1. The van der Waals surface area contributed by atoms with Crippen LogP contribution in [-0.2, 0) is 16.2 Å². The molecular weight excluding hydrogens is 747 g/mol. The lowest BCUT2D eigenvalue weighted by Crippen LogP contribution is -2.40. The molecule has 0 heterocycles. The third-order valence-corrected chi connectivity index (χ3v) is 14.6. The molecule has 0 bridgehead atoms. The van der Waals surface area contributed by atoms with E-state index in [1.807, 2.05) is 0 Å². The van der Waals surface area contributed by atoms with Crippen LogP contribution < -0.4 is 4.90 Å². The minimum absolute atomic E-state index is 0.106. The molecule has 9 aromatic carbocycles. The van der Waals surface area contributed by atoms with Crippen molar-refractivity contribution < 1.29 is 0 Å². The van der Waals surface area contributed by atoms with Gasteiger partial charge < -0.3 is 4.90 Å². The van der Waals surface area contributed by atoms with E-state index in [4.69, 9.17) is 0 Å². The Kier molecular flexibility index (Phi) is 7.91. The first kappa shape index (κ1) is 36.6. The van der Waals surface area contributed by atoms with Crippen molar-refractivity contribution >= 4 is 17.1 Å². The quantitative estimate of drug-likeness (QED) is 0.168. The zero-order valence-electron chi connectivity index (χ0n) is 35.7. The van der Waals surface area contributed by atoms with Gasteiger partial charge in [0.15, 0.2) is 0 Å². The van der Waals surface area contributed by atoms with Crippen LogP contribution in [0.25, 0.3) is 44.5 Å². The number of fused-ring (bicyclic) bond motifs is 12. The maximum atomic E-state index is 2.43. The largest absolute Gasteiger partial charge is 0.310 e. The predicted molar refractivity (Wildman–Crippen MR) is 259 cm³/mol. The maximum absolute atomic E-state index is 2.43. The molecule has 1 heteroatoms. The van der Waals surface area contributed by atoms with Crippen LogP contribution in [0.4, 0.5) is 17.1 Å². The molecule has 0 radical (unpaired) electrons. The van der Waals surface area contributed by atoms with Gasteiger partial charge in [-0.1, -0.05) is 204 Å². The van der Waals surface area contributed by atoms with Crippen molar-refractivity contribution in [3.8, 4) is 44.5 Å². The Bertz CT molecular complexity index is 3170. The number of hydrogen-bond donors (Lipinski definition) is 0. The molecule has 0 fully saturated rings. The third kappa shape index (κ3) is 5.03. The summed E-state index contributed by atoms with van der Waals surface area (Å²) in [5, 5.41) is 0. The highest BCUT2D eigenvalue weighted by Gasteiger charge is 2.53. The van der Waals surface area contributed by atoms with E-state index in [2.05, 4.69) is 245 Å². The first-order chi connectivity index (χ1) is 30.3. The second kappa shape index (κ2) is 13.4. The van der Waals surface area contributed by atoms with Crippen LogP contribution in [-0.4, -0.2) is 0 Å². The lowest BCUT2D eigenvalue weighted by atomic mass is 9.55. The summed E-state index contributed by atoms with van der Waals surface area (Å²) >= 11 is 0. The van der Waals surface area contributed by atoms with Gasteiger partial charge in [0.2, 0.25) is 0 Å². The van der Waals surface area contributed by atoms with Gasteiger partial charge in [0.25, 0.3) is 0 Å². The average Bonchev–Trinajstić information content (AvgIpc) is 3.75. The molecule has 1 nitrogen and oxygen atoms in total. The Morgan fingerprint density at radius 1 is 0.274 bits per heavy atom. The molecule has 296 valence electrons. The van der Waals surface area contributed by atoms with Crippen molar-refractivity contribution in [1.82, 2.24) is 0 Å². The molecule has 0 amide bonds. The average molecular weight is 794 g/mol.